The maximum atomic E-state index is 12.3. The first-order chi connectivity index (χ1) is 9.88. The highest BCUT2D eigenvalue weighted by Gasteiger charge is 2.38. The third-order valence-electron chi connectivity index (χ3n) is 2.73. The van der Waals surface area contributed by atoms with E-state index in [9.17, 15) is 13.2 Å². The van der Waals surface area contributed by atoms with Crippen molar-refractivity contribution in [3.63, 3.8) is 0 Å². The first kappa shape index (κ1) is 15.3. The third kappa shape index (κ3) is 4.19. The smallest absolute Gasteiger partial charge is 0.470 e. The topological polar surface area (TPSA) is 51.4 Å². The molecule has 0 spiro atoms. The van der Waals surface area contributed by atoms with Crippen LogP contribution in [0.3, 0.4) is 0 Å². The number of methoxy groups -OCH3 is 1. The van der Waals surface area contributed by atoms with Gasteiger partial charge in [-0.05, 0) is 24.7 Å². The van der Waals surface area contributed by atoms with Gasteiger partial charge in [-0.25, -0.2) is 0 Å². The Kier molecular flexibility index (Phi) is 4.46. The molecule has 21 heavy (non-hydrogen) atoms. The zero-order valence-corrected chi connectivity index (χ0v) is 11.5. The maximum absolute atomic E-state index is 12.3. The van der Waals surface area contributed by atoms with Crippen LogP contribution in [0.2, 0.25) is 0 Å². The van der Waals surface area contributed by atoms with E-state index in [2.05, 4.69) is 14.6 Å². The second kappa shape index (κ2) is 6.13. The van der Waals surface area contributed by atoms with Crippen LogP contribution in [-0.4, -0.2) is 29.3 Å². The molecule has 8 heteroatoms. The average molecular weight is 301 g/mol. The molecule has 0 fully saturated rings. The van der Waals surface area contributed by atoms with Crippen LogP contribution in [-0.2, 0) is 19.3 Å². The van der Waals surface area contributed by atoms with Crippen LogP contribution in [0.25, 0.3) is 0 Å². The molecule has 0 saturated carbocycles. The van der Waals surface area contributed by atoms with Crippen molar-refractivity contribution in [1.82, 2.24) is 15.1 Å². The minimum Gasteiger partial charge on any atom is -0.497 e. The van der Waals surface area contributed by atoms with E-state index in [-0.39, 0.29) is 12.4 Å². The average Bonchev–Trinajstić information content (AvgIpc) is 2.88. The van der Waals surface area contributed by atoms with E-state index in [0.717, 1.165) is 11.3 Å². The molecule has 114 valence electrons. The van der Waals surface area contributed by atoms with Gasteiger partial charge in [0.2, 0.25) is 5.89 Å². The SMILES string of the molecule is COc1ccc(CN(C)Cc2nnc(C(F)(F)F)o2)cc1. The summed E-state index contributed by atoms with van der Waals surface area (Å²) in [6.07, 6.45) is -4.61. The number of benzene rings is 1. The van der Waals surface area contributed by atoms with Crippen molar-refractivity contribution >= 4 is 0 Å². The highest BCUT2D eigenvalue weighted by atomic mass is 19.4. The number of halogens is 3. The van der Waals surface area contributed by atoms with Gasteiger partial charge in [0.1, 0.15) is 5.75 Å². The van der Waals surface area contributed by atoms with Crippen LogP contribution in [0.1, 0.15) is 17.3 Å². The normalized spacial score (nSPS) is 11.9. The molecule has 0 radical (unpaired) electrons. The number of aromatic nitrogens is 2. The monoisotopic (exact) mass is 301 g/mol. The second-order valence-corrected chi connectivity index (χ2v) is 4.52. The quantitative estimate of drug-likeness (QED) is 0.850. The summed E-state index contributed by atoms with van der Waals surface area (Å²) in [6.45, 7) is 0.669. The Morgan fingerprint density at radius 3 is 2.33 bits per heavy atom. The van der Waals surface area contributed by atoms with Gasteiger partial charge in [0.05, 0.1) is 13.7 Å². The van der Waals surface area contributed by atoms with Gasteiger partial charge in [0.25, 0.3) is 0 Å². The van der Waals surface area contributed by atoms with Crippen molar-refractivity contribution in [2.75, 3.05) is 14.2 Å². The number of hydrogen-bond acceptors (Lipinski definition) is 5. The Hall–Kier alpha value is -2.09. The molecule has 0 amide bonds. The second-order valence-electron chi connectivity index (χ2n) is 4.52. The Morgan fingerprint density at radius 2 is 1.81 bits per heavy atom. The Morgan fingerprint density at radius 1 is 1.14 bits per heavy atom. The van der Waals surface area contributed by atoms with Crippen molar-refractivity contribution in [3.05, 3.63) is 41.6 Å². The summed E-state index contributed by atoms with van der Waals surface area (Å²) in [7, 11) is 3.33. The molecule has 1 heterocycles. The molecule has 1 aromatic carbocycles. The van der Waals surface area contributed by atoms with Gasteiger partial charge in [-0.2, -0.15) is 13.2 Å². The lowest BCUT2D eigenvalue weighted by atomic mass is 10.2. The number of nitrogens with zero attached hydrogens (tertiary/aromatic N) is 3. The molecule has 0 atom stereocenters. The van der Waals surface area contributed by atoms with Crippen molar-refractivity contribution in [1.29, 1.82) is 0 Å². The number of ether oxygens (including phenoxy) is 1. The molecule has 0 aliphatic rings. The molecular weight excluding hydrogens is 287 g/mol. The third-order valence-corrected chi connectivity index (χ3v) is 2.73. The minimum atomic E-state index is -4.61. The summed E-state index contributed by atoms with van der Waals surface area (Å²) in [5.74, 6) is -0.651. The Balaban J connectivity index is 1.94. The van der Waals surface area contributed by atoms with Gasteiger partial charge in [-0.1, -0.05) is 12.1 Å². The molecule has 0 aliphatic heterocycles. The zero-order valence-electron chi connectivity index (χ0n) is 11.5. The van der Waals surface area contributed by atoms with Gasteiger partial charge in [-0.3, -0.25) is 4.90 Å². The first-order valence-corrected chi connectivity index (χ1v) is 6.09. The molecule has 5 nitrogen and oxygen atoms in total. The number of hydrogen-bond donors (Lipinski definition) is 0. The molecule has 0 aliphatic carbocycles. The summed E-state index contributed by atoms with van der Waals surface area (Å²) < 4.78 is 46.6. The molecule has 0 bridgehead atoms. The lowest BCUT2D eigenvalue weighted by Crippen LogP contribution is -2.17. The van der Waals surface area contributed by atoms with E-state index in [1.165, 1.54) is 0 Å². The van der Waals surface area contributed by atoms with Crippen LogP contribution in [0.5, 0.6) is 5.75 Å². The van der Waals surface area contributed by atoms with Crippen LogP contribution < -0.4 is 4.74 Å². The van der Waals surface area contributed by atoms with E-state index >= 15 is 0 Å². The van der Waals surface area contributed by atoms with Gasteiger partial charge < -0.3 is 9.15 Å². The zero-order chi connectivity index (χ0) is 15.5. The van der Waals surface area contributed by atoms with E-state index in [0.29, 0.717) is 6.54 Å². The minimum absolute atomic E-state index is 0.0710. The number of rotatable bonds is 5. The van der Waals surface area contributed by atoms with Gasteiger partial charge in [0.15, 0.2) is 0 Å². The van der Waals surface area contributed by atoms with Gasteiger partial charge in [0, 0.05) is 6.54 Å². The van der Waals surface area contributed by atoms with E-state index in [1.54, 1.807) is 19.1 Å². The van der Waals surface area contributed by atoms with E-state index < -0.39 is 12.1 Å². The number of alkyl halides is 3. The first-order valence-electron chi connectivity index (χ1n) is 6.09. The Bertz CT molecular complexity index is 581. The summed E-state index contributed by atoms with van der Waals surface area (Å²) in [4.78, 5) is 1.77. The fraction of sp³-hybridized carbons (Fsp3) is 0.385. The molecule has 1 aromatic heterocycles. The van der Waals surface area contributed by atoms with E-state index in [1.807, 2.05) is 24.3 Å². The maximum Gasteiger partial charge on any atom is 0.470 e. The van der Waals surface area contributed by atoms with Crippen LogP contribution >= 0.6 is 0 Å². The lowest BCUT2D eigenvalue weighted by molar-refractivity contribution is -0.157. The predicted molar refractivity (Wildman–Crippen MR) is 67.5 cm³/mol. The van der Waals surface area contributed by atoms with Crippen molar-refractivity contribution in [2.45, 2.75) is 19.3 Å². The van der Waals surface area contributed by atoms with Crippen molar-refractivity contribution < 1.29 is 22.3 Å². The van der Waals surface area contributed by atoms with Crippen molar-refractivity contribution in [2.24, 2.45) is 0 Å². The van der Waals surface area contributed by atoms with Gasteiger partial charge in [-0.15, -0.1) is 10.2 Å². The molecule has 0 unspecified atom stereocenters. The fourth-order valence-corrected chi connectivity index (χ4v) is 1.76. The lowest BCUT2D eigenvalue weighted by Gasteiger charge is -2.14. The van der Waals surface area contributed by atoms with E-state index in [4.69, 9.17) is 4.74 Å². The molecule has 2 aromatic rings. The summed E-state index contributed by atoms with van der Waals surface area (Å²) in [6, 6.07) is 7.39. The fourth-order valence-electron chi connectivity index (χ4n) is 1.76. The highest BCUT2D eigenvalue weighted by molar-refractivity contribution is 5.27. The summed E-state index contributed by atoms with van der Waals surface area (Å²) >= 11 is 0. The van der Waals surface area contributed by atoms with Gasteiger partial charge >= 0.3 is 12.1 Å². The largest absolute Gasteiger partial charge is 0.497 e. The molecule has 0 N–H and O–H groups in total. The van der Waals surface area contributed by atoms with Crippen molar-refractivity contribution in [3.8, 4) is 5.75 Å². The summed E-state index contributed by atoms with van der Waals surface area (Å²) in [5.41, 5.74) is 0.994. The predicted octanol–water partition coefficient (Wildman–Crippen LogP) is 2.73. The van der Waals surface area contributed by atoms with Crippen LogP contribution in [0, 0.1) is 0 Å². The molecule has 0 saturated heterocycles. The van der Waals surface area contributed by atoms with Crippen LogP contribution in [0.15, 0.2) is 28.7 Å². The highest BCUT2D eigenvalue weighted by Crippen LogP contribution is 2.27. The standard InChI is InChI=1S/C13H14F3N3O2/c1-19(7-9-3-5-10(20-2)6-4-9)8-11-17-18-12(21-11)13(14,15)16/h3-6H,7-8H2,1-2H3. The Labute approximate surface area is 119 Å². The molecule has 2 rings (SSSR count). The summed E-state index contributed by atoms with van der Waals surface area (Å²) in [5, 5.41) is 6.38. The van der Waals surface area contributed by atoms with Crippen LogP contribution in [0.4, 0.5) is 13.2 Å². The molecular formula is C13H14F3N3O2.